The van der Waals surface area contributed by atoms with Crippen LogP contribution in [0.2, 0.25) is 0 Å². The molecule has 2 N–H and O–H groups in total. The Kier molecular flexibility index (Phi) is 4.68. The lowest BCUT2D eigenvalue weighted by molar-refractivity contribution is 0.0623. The van der Waals surface area contributed by atoms with Gasteiger partial charge in [0.15, 0.2) is 0 Å². The quantitative estimate of drug-likeness (QED) is 0.751. The van der Waals surface area contributed by atoms with Gasteiger partial charge in [-0.25, -0.2) is 0 Å². The molecule has 1 saturated heterocycles. The van der Waals surface area contributed by atoms with Crippen LogP contribution in [0.5, 0.6) is 0 Å². The van der Waals surface area contributed by atoms with Crippen molar-refractivity contribution in [1.82, 2.24) is 10.2 Å². The molecule has 3 fully saturated rings. The molecule has 3 aliphatic rings. The van der Waals surface area contributed by atoms with Crippen LogP contribution in [0, 0.1) is 17.8 Å². The van der Waals surface area contributed by atoms with Gasteiger partial charge < -0.3 is 10.4 Å². The third-order valence-electron chi connectivity index (χ3n) is 5.43. The van der Waals surface area contributed by atoms with Crippen LogP contribution in [-0.4, -0.2) is 47.8 Å². The molecule has 0 radical (unpaired) electrons. The molecule has 20 heavy (non-hydrogen) atoms. The van der Waals surface area contributed by atoms with Crippen molar-refractivity contribution in [1.29, 1.82) is 0 Å². The van der Waals surface area contributed by atoms with Gasteiger partial charge >= 0.3 is 0 Å². The van der Waals surface area contributed by atoms with Crippen LogP contribution in [0.1, 0.15) is 52.4 Å². The minimum absolute atomic E-state index is 0.0313. The molecule has 0 bridgehead atoms. The Balaban J connectivity index is 1.50. The molecule has 116 valence electrons. The Hall–Kier alpha value is -0.120. The molecule has 3 rings (SSSR count). The van der Waals surface area contributed by atoms with Crippen molar-refractivity contribution >= 4 is 0 Å². The molecule has 0 amide bonds. The molecule has 1 heterocycles. The van der Waals surface area contributed by atoms with Crippen molar-refractivity contribution in [3.63, 3.8) is 0 Å². The van der Waals surface area contributed by atoms with Crippen LogP contribution in [0.3, 0.4) is 0 Å². The van der Waals surface area contributed by atoms with E-state index in [9.17, 15) is 5.11 Å². The first-order valence-corrected chi connectivity index (χ1v) is 8.77. The third-order valence-corrected chi connectivity index (χ3v) is 5.43. The second-order valence-corrected chi connectivity index (χ2v) is 7.84. The second kappa shape index (κ2) is 6.33. The van der Waals surface area contributed by atoms with Crippen molar-refractivity contribution in [2.45, 2.75) is 70.6 Å². The lowest BCUT2D eigenvalue weighted by Crippen LogP contribution is -2.52. The highest BCUT2D eigenvalue weighted by molar-refractivity contribution is 4.90. The molecule has 2 aliphatic carbocycles. The maximum absolute atomic E-state index is 10.2. The van der Waals surface area contributed by atoms with Crippen LogP contribution >= 0.6 is 0 Å². The van der Waals surface area contributed by atoms with Gasteiger partial charge in [0, 0.05) is 25.2 Å². The standard InChI is InChI=1S/C17H32N2O/c1-12(2)19-10-14(8-17(20)15-5-6-15)7-16(11-19)18-9-13-3-4-13/h12-18,20H,3-11H2,1-2H3. The van der Waals surface area contributed by atoms with Crippen molar-refractivity contribution in [2.75, 3.05) is 19.6 Å². The van der Waals surface area contributed by atoms with Crippen LogP contribution in [-0.2, 0) is 0 Å². The zero-order valence-electron chi connectivity index (χ0n) is 13.2. The Morgan fingerprint density at radius 3 is 2.45 bits per heavy atom. The summed E-state index contributed by atoms with van der Waals surface area (Å²) in [5.74, 6) is 2.26. The summed E-state index contributed by atoms with van der Waals surface area (Å²) in [6, 6.07) is 1.27. The molecule has 0 spiro atoms. The Morgan fingerprint density at radius 2 is 1.85 bits per heavy atom. The zero-order valence-corrected chi connectivity index (χ0v) is 13.2. The van der Waals surface area contributed by atoms with Gasteiger partial charge in [0.05, 0.1) is 6.10 Å². The van der Waals surface area contributed by atoms with Gasteiger partial charge in [0.2, 0.25) is 0 Å². The Bertz CT molecular complexity index is 310. The molecule has 2 saturated carbocycles. The minimum Gasteiger partial charge on any atom is -0.393 e. The number of piperidine rings is 1. The second-order valence-electron chi connectivity index (χ2n) is 7.84. The molecule has 0 aromatic heterocycles. The summed E-state index contributed by atoms with van der Waals surface area (Å²) in [5.41, 5.74) is 0. The van der Waals surface area contributed by atoms with E-state index in [2.05, 4.69) is 24.1 Å². The maximum Gasteiger partial charge on any atom is 0.0571 e. The Morgan fingerprint density at radius 1 is 1.10 bits per heavy atom. The number of rotatable bonds is 7. The van der Waals surface area contributed by atoms with Crippen molar-refractivity contribution in [3.8, 4) is 0 Å². The summed E-state index contributed by atoms with van der Waals surface area (Å²) in [6.07, 6.45) is 7.62. The van der Waals surface area contributed by atoms with Crippen LogP contribution in [0.15, 0.2) is 0 Å². The lowest BCUT2D eigenvalue weighted by Gasteiger charge is -2.41. The monoisotopic (exact) mass is 280 g/mol. The van der Waals surface area contributed by atoms with E-state index in [1.165, 1.54) is 51.7 Å². The first-order valence-electron chi connectivity index (χ1n) is 8.77. The van der Waals surface area contributed by atoms with E-state index in [1.54, 1.807) is 0 Å². The van der Waals surface area contributed by atoms with Crippen LogP contribution < -0.4 is 5.32 Å². The highest BCUT2D eigenvalue weighted by Crippen LogP contribution is 2.36. The van der Waals surface area contributed by atoms with E-state index in [-0.39, 0.29) is 6.10 Å². The molecular formula is C17H32N2O. The van der Waals surface area contributed by atoms with E-state index >= 15 is 0 Å². The van der Waals surface area contributed by atoms with Gasteiger partial charge in [-0.1, -0.05) is 0 Å². The predicted octanol–water partition coefficient (Wildman–Crippen LogP) is 2.25. The molecule has 3 nitrogen and oxygen atoms in total. The molecule has 3 heteroatoms. The highest BCUT2D eigenvalue weighted by atomic mass is 16.3. The van der Waals surface area contributed by atoms with Crippen molar-refractivity contribution in [3.05, 3.63) is 0 Å². The number of aliphatic hydroxyl groups is 1. The summed E-state index contributed by atoms with van der Waals surface area (Å²) in [4.78, 5) is 2.61. The summed E-state index contributed by atoms with van der Waals surface area (Å²) in [5, 5.41) is 14.0. The summed E-state index contributed by atoms with van der Waals surface area (Å²) >= 11 is 0. The van der Waals surface area contributed by atoms with Gasteiger partial charge in [-0.15, -0.1) is 0 Å². The number of nitrogens with zero attached hydrogens (tertiary/aromatic N) is 1. The zero-order chi connectivity index (χ0) is 14.1. The first kappa shape index (κ1) is 14.8. The van der Waals surface area contributed by atoms with E-state index in [0.717, 1.165) is 12.3 Å². The molecule has 3 unspecified atom stereocenters. The van der Waals surface area contributed by atoms with Crippen LogP contribution in [0.4, 0.5) is 0 Å². The largest absolute Gasteiger partial charge is 0.393 e. The molecule has 0 aromatic carbocycles. The minimum atomic E-state index is -0.0313. The van der Waals surface area contributed by atoms with E-state index < -0.39 is 0 Å². The molecule has 1 aliphatic heterocycles. The van der Waals surface area contributed by atoms with Gasteiger partial charge in [-0.2, -0.15) is 0 Å². The normalized spacial score (nSPS) is 33.6. The number of aliphatic hydroxyl groups excluding tert-OH is 1. The average molecular weight is 280 g/mol. The number of nitrogens with one attached hydrogen (secondary N) is 1. The maximum atomic E-state index is 10.2. The average Bonchev–Trinajstić information content (AvgIpc) is 3.29. The smallest absolute Gasteiger partial charge is 0.0571 e. The molecule has 3 atom stereocenters. The van der Waals surface area contributed by atoms with Crippen LogP contribution in [0.25, 0.3) is 0 Å². The number of hydrogen-bond acceptors (Lipinski definition) is 3. The fourth-order valence-corrected chi connectivity index (χ4v) is 3.65. The Labute approximate surface area is 124 Å². The predicted molar refractivity (Wildman–Crippen MR) is 82.7 cm³/mol. The highest BCUT2D eigenvalue weighted by Gasteiger charge is 2.35. The summed E-state index contributed by atoms with van der Waals surface area (Å²) in [6.45, 7) is 8.20. The third kappa shape index (κ3) is 4.19. The fraction of sp³-hybridized carbons (Fsp3) is 1.00. The van der Waals surface area contributed by atoms with Gasteiger partial charge in [0.1, 0.15) is 0 Å². The summed E-state index contributed by atoms with van der Waals surface area (Å²) in [7, 11) is 0. The van der Waals surface area contributed by atoms with Crippen molar-refractivity contribution < 1.29 is 5.11 Å². The van der Waals surface area contributed by atoms with Gasteiger partial charge in [-0.05, 0) is 76.7 Å². The van der Waals surface area contributed by atoms with Gasteiger partial charge in [-0.3, -0.25) is 4.90 Å². The van der Waals surface area contributed by atoms with Gasteiger partial charge in [0.25, 0.3) is 0 Å². The fourth-order valence-electron chi connectivity index (χ4n) is 3.65. The van der Waals surface area contributed by atoms with E-state index in [1.807, 2.05) is 0 Å². The lowest BCUT2D eigenvalue weighted by atomic mass is 9.87. The number of hydrogen-bond donors (Lipinski definition) is 2. The first-order chi connectivity index (χ1) is 9.61. The van der Waals surface area contributed by atoms with E-state index in [0.29, 0.717) is 23.9 Å². The topological polar surface area (TPSA) is 35.5 Å². The molecule has 0 aromatic rings. The van der Waals surface area contributed by atoms with Crippen molar-refractivity contribution in [2.24, 2.45) is 17.8 Å². The van der Waals surface area contributed by atoms with E-state index in [4.69, 9.17) is 0 Å². The summed E-state index contributed by atoms with van der Waals surface area (Å²) < 4.78 is 0. The molecular weight excluding hydrogens is 248 g/mol. The SMILES string of the molecule is CC(C)N1CC(CC(O)C2CC2)CC(NCC2CC2)C1. The number of likely N-dealkylation sites (tertiary alicyclic amines) is 1.